The van der Waals surface area contributed by atoms with Gasteiger partial charge in [-0.15, -0.1) is 5.10 Å². The van der Waals surface area contributed by atoms with Gasteiger partial charge in [-0.2, -0.15) is 5.10 Å². The van der Waals surface area contributed by atoms with E-state index in [9.17, 15) is 0 Å². The Hall–Kier alpha value is -1.16. The smallest absolute Gasteiger partial charge is 0.151 e. The Balaban J connectivity index is 1.79. The molecule has 0 spiro atoms. The Morgan fingerprint density at radius 3 is 2.73 bits per heavy atom. The quantitative estimate of drug-likeness (QED) is 0.720. The van der Waals surface area contributed by atoms with Crippen LogP contribution in [0, 0.1) is 18.8 Å². The molecule has 0 bridgehead atoms. The van der Waals surface area contributed by atoms with E-state index in [1.165, 1.54) is 18.7 Å². The summed E-state index contributed by atoms with van der Waals surface area (Å²) in [5.74, 6) is 2.67. The molecule has 2 aliphatic rings. The second-order valence-electron chi connectivity index (χ2n) is 4.67. The Kier molecular flexibility index (Phi) is 2.09. The number of aromatic nitrogens is 2. The lowest BCUT2D eigenvalue weighted by atomic mass is 10.0. The van der Waals surface area contributed by atoms with Crippen LogP contribution in [0.1, 0.15) is 5.56 Å². The van der Waals surface area contributed by atoms with E-state index >= 15 is 0 Å². The first-order chi connectivity index (χ1) is 7.33. The SMILES string of the molecule is Cc1cnnc(N2C[C@H]3CNC[C@H]3C2)c1. The van der Waals surface area contributed by atoms with Crippen LogP contribution in [0.2, 0.25) is 0 Å². The molecule has 2 atom stereocenters. The molecular weight excluding hydrogens is 188 g/mol. The average molecular weight is 204 g/mol. The fourth-order valence-corrected chi connectivity index (χ4v) is 2.65. The first-order valence-electron chi connectivity index (χ1n) is 5.58. The van der Waals surface area contributed by atoms with Gasteiger partial charge in [-0.3, -0.25) is 0 Å². The first kappa shape index (κ1) is 9.09. The molecule has 0 unspecified atom stereocenters. The van der Waals surface area contributed by atoms with Gasteiger partial charge in [0, 0.05) is 26.2 Å². The number of aryl methyl sites for hydroxylation is 1. The van der Waals surface area contributed by atoms with Crippen molar-refractivity contribution in [2.24, 2.45) is 11.8 Å². The standard InChI is InChI=1S/C11H16N4/c1-8-2-11(14-13-3-8)15-6-9-4-12-5-10(9)7-15/h2-3,9-10,12H,4-7H2,1H3/t9-,10+. The van der Waals surface area contributed by atoms with E-state index in [2.05, 4.69) is 33.4 Å². The lowest BCUT2D eigenvalue weighted by Crippen LogP contribution is -2.26. The molecule has 2 saturated heterocycles. The average Bonchev–Trinajstić information content (AvgIpc) is 2.76. The number of anilines is 1. The van der Waals surface area contributed by atoms with E-state index in [0.717, 1.165) is 30.7 Å². The minimum absolute atomic E-state index is 0.812. The molecule has 0 radical (unpaired) electrons. The second-order valence-corrected chi connectivity index (χ2v) is 4.67. The number of fused-ring (bicyclic) bond motifs is 1. The molecule has 80 valence electrons. The van der Waals surface area contributed by atoms with Gasteiger partial charge in [0.2, 0.25) is 0 Å². The van der Waals surface area contributed by atoms with E-state index in [1.807, 2.05) is 6.20 Å². The molecule has 1 aromatic heterocycles. The summed E-state index contributed by atoms with van der Waals surface area (Å²) in [5, 5.41) is 11.7. The fourth-order valence-electron chi connectivity index (χ4n) is 2.65. The molecule has 3 heterocycles. The largest absolute Gasteiger partial charge is 0.354 e. The topological polar surface area (TPSA) is 41.1 Å². The van der Waals surface area contributed by atoms with Gasteiger partial charge in [0.05, 0.1) is 6.20 Å². The molecule has 2 fully saturated rings. The maximum Gasteiger partial charge on any atom is 0.151 e. The second kappa shape index (κ2) is 3.45. The van der Waals surface area contributed by atoms with Crippen LogP contribution >= 0.6 is 0 Å². The third-order valence-corrected chi connectivity index (χ3v) is 3.49. The first-order valence-corrected chi connectivity index (χ1v) is 5.58. The van der Waals surface area contributed by atoms with Crippen molar-refractivity contribution in [3.05, 3.63) is 17.8 Å². The van der Waals surface area contributed by atoms with Crippen LogP contribution in [-0.4, -0.2) is 36.4 Å². The lowest BCUT2D eigenvalue weighted by Gasteiger charge is -2.17. The zero-order chi connectivity index (χ0) is 10.3. The van der Waals surface area contributed by atoms with Gasteiger partial charge >= 0.3 is 0 Å². The highest BCUT2D eigenvalue weighted by atomic mass is 15.3. The molecule has 0 saturated carbocycles. The van der Waals surface area contributed by atoms with Crippen molar-refractivity contribution in [3.8, 4) is 0 Å². The van der Waals surface area contributed by atoms with Gasteiger partial charge in [-0.25, -0.2) is 0 Å². The van der Waals surface area contributed by atoms with Gasteiger partial charge in [-0.1, -0.05) is 0 Å². The molecule has 3 rings (SSSR count). The predicted molar refractivity (Wildman–Crippen MR) is 58.8 cm³/mol. The van der Waals surface area contributed by atoms with Crippen LogP contribution in [0.25, 0.3) is 0 Å². The molecule has 1 aromatic rings. The normalized spacial score (nSPS) is 29.5. The summed E-state index contributed by atoms with van der Waals surface area (Å²) in [6.07, 6.45) is 1.81. The Morgan fingerprint density at radius 1 is 1.33 bits per heavy atom. The fraction of sp³-hybridized carbons (Fsp3) is 0.636. The van der Waals surface area contributed by atoms with Crippen LogP contribution in [0.3, 0.4) is 0 Å². The Bertz CT molecular complexity index is 353. The Morgan fingerprint density at radius 2 is 2.07 bits per heavy atom. The summed E-state index contributed by atoms with van der Waals surface area (Å²) in [6.45, 7) is 6.67. The minimum atomic E-state index is 0.812. The molecule has 4 nitrogen and oxygen atoms in total. The third-order valence-electron chi connectivity index (χ3n) is 3.49. The van der Waals surface area contributed by atoms with Crippen LogP contribution < -0.4 is 10.2 Å². The van der Waals surface area contributed by atoms with E-state index in [0.29, 0.717) is 0 Å². The third kappa shape index (κ3) is 1.59. The van der Waals surface area contributed by atoms with E-state index < -0.39 is 0 Å². The van der Waals surface area contributed by atoms with Gasteiger partial charge in [0.25, 0.3) is 0 Å². The summed E-state index contributed by atoms with van der Waals surface area (Å²) in [4.78, 5) is 2.37. The van der Waals surface area contributed by atoms with E-state index in [4.69, 9.17) is 0 Å². The highest BCUT2D eigenvalue weighted by Gasteiger charge is 2.36. The van der Waals surface area contributed by atoms with Crippen LogP contribution in [-0.2, 0) is 0 Å². The summed E-state index contributed by atoms with van der Waals surface area (Å²) < 4.78 is 0. The lowest BCUT2D eigenvalue weighted by molar-refractivity contribution is 0.533. The summed E-state index contributed by atoms with van der Waals surface area (Å²) >= 11 is 0. The monoisotopic (exact) mass is 204 g/mol. The van der Waals surface area contributed by atoms with Crippen molar-refractivity contribution in [3.63, 3.8) is 0 Å². The zero-order valence-electron chi connectivity index (χ0n) is 8.98. The maximum absolute atomic E-state index is 4.20. The number of hydrogen-bond donors (Lipinski definition) is 1. The summed E-state index contributed by atoms with van der Waals surface area (Å²) in [7, 11) is 0. The minimum Gasteiger partial charge on any atom is -0.354 e. The van der Waals surface area contributed by atoms with Crippen molar-refractivity contribution in [2.45, 2.75) is 6.92 Å². The van der Waals surface area contributed by atoms with Crippen molar-refractivity contribution < 1.29 is 0 Å². The maximum atomic E-state index is 4.20. The van der Waals surface area contributed by atoms with Crippen molar-refractivity contribution in [1.29, 1.82) is 0 Å². The van der Waals surface area contributed by atoms with Gasteiger partial charge in [0.15, 0.2) is 5.82 Å². The number of hydrogen-bond acceptors (Lipinski definition) is 4. The van der Waals surface area contributed by atoms with E-state index in [-0.39, 0.29) is 0 Å². The van der Waals surface area contributed by atoms with E-state index in [1.54, 1.807) is 0 Å². The zero-order valence-corrected chi connectivity index (χ0v) is 8.98. The van der Waals surface area contributed by atoms with Crippen LogP contribution in [0.15, 0.2) is 12.3 Å². The highest BCUT2D eigenvalue weighted by Crippen LogP contribution is 2.29. The molecule has 0 amide bonds. The molecule has 15 heavy (non-hydrogen) atoms. The predicted octanol–water partition coefficient (Wildman–Crippen LogP) is 0.441. The summed E-state index contributed by atoms with van der Waals surface area (Å²) in [6, 6.07) is 2.13. The van der Waals surface area contributed by atoms with Crippen LogP contribution in [0.4, 0.5) is 5.82 Å². The Labute approximate surface area is 89.7 Å². The van der Waals surface area contributed by atoms with Gasteiger partial charge < -0.3 is 10.2 Å². The molecule has 2 aliphatic heterocycles. The number of nitrogens with one attached hydrogen (secondary N) is 1. The van der Waals surface area contributed by atoms with Crippen molar-refractivity contribution in [1.82, 2.24) is 15.5 Å². The molecule has 0 aromatic carbocycles. The summed E-state index contributed by atoms with van der Waals surface area (Å²) in [5.41, 5.74) is 1.19. The number of nitrogens with zero attached hydrogens (tertiary/aromatic N) is 3. The molecule has 0 aliphatic carbocycles. The van der Waals surface area contributed by atoms with Gasteiger partial charge in [0.1, 0.15) is 0 Å². The highest BCUT2D eigenvalue weighted by molar-refractivity contribution is 5.41. The van der Waals surface area contributed by atoms with Gasteiger partial charge in [-0.05, 0) is 30.4 Å². The van der Waals surface area contributed by atoms with Crippen molar-refractivity contribution in [2.75, 3.05) is 31.1 Å². The van der Waals surface area contributed by atoms with Crippen LogP contribution in [0.5, 0.6) is 0 Å². The molecule has 4 heteroatoms. The van der Waals surface area contributed by atoms with Crippen molar-refractivity contribution >= 4 is 5.82 Å². The molecular formula is C11H16N4. The number of rotatable bonds is 1. The molecule has 1 N–H and O–H groups in total.